The Kier molecular flexibility index (Phi) is 51.0. The molecule has 4 fully saturated rings. The molecule has 4 aromatic rings. The molecule has 4 unspecified atom stereocenters. The van der Waals surface area contributed by atoms with Gasteiger partial charge in [-0.3, -0.25) is 19.2 Å². The van der Waals surface area contributed by atoms with Gasteiger partial charge in [0.2, 0.25) is 0 Å². The molecule has 0 spiro atoms. The van der Waals surface area contributed by atoms with Crippen molar-refractivity contribution < 1.29 is 76.7 Å². The van der Waals surface area contributed by atoms with Crippen molar-refractivity contribution in [1.29, 1.82) is 0 Å². The average Bonchev–Trinajstić information content (AvgIpc) is 0.793. The Hall–Kier alpha value is -11.0. The highest BCUT2D eigenvalue weighted by Crippen LogP contribution is 2.34. The summed E-state index contributed by atoms with van der Waals surface area (Å²) in [4.78, 5) is 133. The number of likely N-dealkylation sites (tertiary alicyclic amines) is 4. The maximum absolute atomic E-state index is 13.4. The molecule has 4 saturated heterocycles. The number of fused-ring (bicyclic) bond motifs is 4. The molecule has 12 rings (SSSR count). The summed E-state index contributed by atoms with van der Waals surface area (Å²) >= 11 is 13.5. The second-order valence-corrected chi connectivity index (χ2v) is 39.3. The van der Waals surface area contributed by atoms with E-state index in [2.05, 4.69) is 109 Å². The third-order valence-electron chi connectivity index (χ3n) is 26.2. The monoisotopic (exact) mass is 1990 g/mol. The lowest BCUT2D eigenvalue weighted by Crippen LogP contribution is -2.37. The van der Waals surface area contributed by atoms with E-state index < -0.39 is 0 Å². The highest BCUT2D eigenvalue weighted by atomic mass is 35.5. The minimum atomic E-state index is -0.363. The van der Waals surface area contributed by atoms with Gasteiger partial charge in [-0.05, 0) is 289 Å². The van der Waals surface area contributed by atoms with Crippen LogP contribution in [0.5, 0.6) is 0 Å². The molecule has 0 aromatic heterocycles. The van der Waals surface area contributed by atoms with Crippen LogP contribution in [0.2, 0.25) is 10.0 Å². The van der Waals surface area contributed by atoms with Crippen molar-refractivity contribution in [2.45, 2.75) is 339 Å². The maximum atomic E-state index is 13.4. The molecule has 24 nitrogen and oxygen atoms in total. The zero-order valence-corrected chi connectivity index (χ0v) is 88.3. The standard InChI is InChI=1S/2C29H39ClN2O4.2C29H40N2O4/c2*1-4-13-24-15-10-7-5-6-9-14-23(31-35-20-26(33)32-16-11-8-12-17-32)19-25-27(29(34)36-24)21(2)18-22(3)28(25)30;2*1-4-13-26-15-10-7-5-6-9-14-25(30-34-21-27(32)31-16-11-8-12-17-31)20-24-19-22(2)18-23(3)28(24)29(33)35-26/h2*7,9-10,14,18,24H,4-6,8,11-13,15-17,19-20H2,1-3H3;2*7,9-10,14,18-19,26H,4-6,8,11-13,15-17,20-21H2,1-3H3/b10-7+,14-9+,31-23+;10-7+,14-9+,31-23-;10-7+,14-9+,30-25+;10-7+,14-9+,30-25-. The Balaban J connectivity index is 0.000000211. The number of benzene rings is 4. The van der Waals surface area contributed by atoms with Crippen LogP contribution >= 0.6 is 23.2 Å². The van der Waals surface area contributed by atoms with Gasteiger partial charge in [-0.2, -0.15) is 0 Å². The van der Waals surface area contributed by atoms with Crippen molar-refractivity contribution in [2.24, 2.45) is 20.6 Å². The number of aryl methyl sites for hydroxylation is 8. The van der Waals surface area contributed by atoms with Crippen LogP contribution < -0.4 is 0 Å². The average molecular weight is 1990 g/mol. The van der Waals surface area contributed by atoms with E-state index in [1.54, 1.807) is 0 Å². The minimum Gasteiger partial charge on any atom is -0.458 e. The number of oxime groups is 4. The lowest BCUT2D eigenvalue weighted by Gasteiger charge is -2.26. The molecule has 8 aliphatic heterocycles. The smallest absolute Gasteiger partial charge is 0.339 e. The second-order valence-electron chi connectivity index (χ2n) is 38.5. The van der Waals surface area contributed by atoms with Gasteiger partial charge in [0.05, 0.1) is 45.1 Å². The summed E-state index contributed by atoms with van der Waals surface area (Å²) < 4.78 is 23.9. The first-order valence-electron chi connectivity index (χ1n) is 52.5. The Morgan fingerprint density at radius 2 is 0.535 bits per heavy atom. The number of carbonyl (C=O) groups excluding carboxylic acids is 8. The zero-order valence-electron chi connectivity index (χ0n) is 86.8. The second kappa shape index (κ2) is 63.2. The third kappa shape index (κ3) is 38.9. The van der Waals surface area contributed by atoms with Gasteiger partial charge in [-0.1, -0.05) is 218 Å². The first kappa shape index (κ1) is 115. The largest absolute Gasteiger partial charge is 0.458 e. The van der Waals surface area contributed by atoms with Crippen molar-refractivity contribution in [3.63, 3.8) is 0 Å². The topological polar surface area (TPSA) is 273 Å². The van der Waals surface area contributed by atoms with Gasteiger partial charge >= 0.3 is 23.9 Å². The van der Waals surface area contributed by atoms with Crippen LogP contribution in [0.4, 0.5) is 0 Å². The summed E-state index contributed by atoms with van der Waals surface area (Å²) in [5, 5.41) is 18.3. The van der Waals surface area contributed by atoms with Crippen LogP contribution in [0.3, 0.4) is 0 Å². The number of rotatable bonds is 20. The molecule has 0 N–H and O–H groups in total. The lowest BCUT2D eigenvalue weighted by molar-refractivity contribution is -0.137. The molecule has 772 valence electrons. The van der Waals surface area contributed by atoms with Crippen LogP contribution in [0.1, 0.15) is 341 Å². The van der Waals surface area contributed by atoms with E-state index in [-0.39, 0.29) is 98.3 Å². The molecule has 4 amide bonds. The molecular weight excluding hydrogens is 1830 g/mol. The van der Waals surface area contributed by atoms with Crippen molar-refractivity contribution in [1.82, 2.24) is 19.6 Å². The van der Waals surface area contributed by atoms with Crippen molar-refractivity contribution >= 4 is 93.6 Å². The normalized spacial score (nSPS) is 22.5. The Morgan fingerprint density at radius 1 is 0.303 bits per heavy atom. The summed E-state index contributed by atoms with van der Waals surface area (Å²) in [6, 6.07) is 11.9. The number of esters is 4. The van der Waals surface area contributed by atoms with Crippen LogP contribution in [-0.4, -0.2) is 193 Å². The van der Waals surface area contributed by atoms with Crippen LogP contribution in [-0.2, 0) is 83.2 Å². The minimum absolute atomic E-state index is 0.0262. The quantitative estimate of drug-likeness (QED) is 0.0344. The number of allylic oxidation sites excluding steroid dienone is 12. The van der Waals surface area contributed by atoms with E-state index in [4.69, 9.17) is 61.5 Å². The molecular formula is C116H158Cl2N8O16. The number of hydrogen-bond donors (Lipinski definition) is 0. The van der Waals surface area contributed by atoms with Gasteiger partial charge in [-0.25, -0.2) is 19.2 Å². The van der Waals surface area contributed by atoms with Gasteiger partial charge in [0.25, 0.3) is 23.6 Å². The number of nitrogens with zero attached hydrogens (tertiary/aromatic N) is 8. The van der Waals surface area contributed by atoms with E-state index in [0.29, 0.717) is 105 Å². The van der Waals surface area contributed by atoms with Gasteiger partial charge < -0.3 is 57.9 Å². The Bertz CT molecular complexity index is 4890. The molecule has 0 saturated carbocycles. The first-order chi connectivity index (χ1) is 68.7. The highest BCUT2D eigenvalue weighted by molar-refractivity contribution is 6.33. The highest BCUT2D eigenvalue weighted by Gasteiger charge is 2.31. The van der Waals surface area contributed by atoms with Gasteiger partial charge in [0, 0.05) is 114 Å². The summed E-state index contributed by atoms with van der Waals surface area (Å²) in [6.07, 6.45) is 63.5. The predicted octanol–water partition coefficient (Wildman–Crippen LogP) is 24.7. The summed E-state index contributed by atoms with van der Waals surface area (Å²) in [5.74, 6) is -1.45. The Morgan fingerprint density at radius 3 is 0.789 bits per heavy atom. The van der Waals surface area contributed by atoms with Gasteiger partial charge in [-0.15, -0.1) is 0 Å². The summed E-state index contributed by atoms with van der Waals surface area (Å²) in [7, 11) is 0. The van der Waals surface area contributed by atoms with Crippen molar-refractivity contribution in [3.8, 4) is 0 Å². The number of carbonyl (C=O) groups is 8. The molecule has 8 heterocycles. The van der Waals surface area contributed by atoms with Crippen molar-refractivity contribution in [2.75, 3.05) is 78.8 Å². The molecule has 4 atom stereocenters. The maximum Gasteiger partial charge on any atom is 0.339 e. The fraction of sp³-hybridized carbons (Fsp3) is 0.552. The van der Waals surface area contributed by atoms with Crippen LogP contribution in [0, 0.1) is 55.4 Å². The summed E-state index contributed by atoms with van der Waals surface area (Å²) in [5.41, 5.74) is 15.2. The van der Waals surface area contributed by atoms with E-state index in [1.807, 2.05) is 148 Å². The Labute approximate surface area is 855 Å². The van der Waals surface area contributed by atoms with Crippen LogP contribution in [0.25, 0.3) is 0 Å². The van der Waals surface area contributed by atoms with Crippen molar-refractivity contribution in [3.05, 3.63) is 233 Å². The predicted molar refractivity (Wildman–Crippen MR) is 569 cm³/mol. The molecule has 8 aliphatic rings. The fourth-order valence-corrected chi connectivity index (χ4v) is 19.4. The zero-order chi connectivity index (χ0) is 102. The van der Waals surface area contributed by atoms with E-state index >= 15 is 0 Å². The number of piperidine rings is 4. The molecule has 26 heteroatoms. The number of amides is 4. The third-order valence-corrected chi connectivity index (χ3v) is 27.3. The van der Waals surface area contributed by atoms with Gasteiger partial charge in [0.1, 0.15) is 24.4 Å². The number of halogens is 2. The molecule has 4 aromatic carbocycles. The molecule has 0 radical (unpaired) electrons. The first-order valence-corrected chi connectivity index (χ1v) is 53.3. The number of cyclic esters (lactones) is 4. The van der Waals surface area contributed by atoms with Crippen LogP contribution in [0.15, 0.2) is 154 Å². The van der Waals surface area contributed by atoms with E-state index in [0.717, 1.165) is 288 Å². The molecule has 0 bridgehead atoms. The molecule has 142 heavy (non-hydrogen) atoms. The summed E-state index contributed by atoms with van der Waals surface area (Å²) in [6.45, 7) is 29.9. The SMILES string of the molecule is CCCC1C/C=C/CC/C=C/C(=N/OCC(=O)N2CCCCC2)Cc2c(Cl)c(C)cc(C)c2C(=O)O1.CCCC1C/C=C/CC/C=C/C(=N/OCC(=O)N2CCCCC2)Cc2cc(C)cc(C)c2C(=O)O1.CCCC1C/C=C/CC/C=C/C(=N\OCC(=O)N2CCCCC2)Cc2c(Cl)c(C)cc(C)c2C(=O)O1.CCCC1C/C=C/CC/C=C/C(=N\OCC(=O)N2CCCCC2)Cc2cc(C)cc(C)c2C(=O)O1. The van der Waals surface area contributed by atoms with E-state index in [9.17, 15) is 38.4 Å². The lowest BCUT2D eigenvalue weighted by atomic mass is 9.94. The van der Waals surface area contributed by atoms with Gasteiger partial charge in [0.15, 0.2) is 26.4 Å². The van der Waals surface area contributed by atoms with E-state index in [1.165, 1.54) is 12.8 Å². The fourth-order valence-electron chi connectivity index (χ4n) is 19.0. The number of ether oxygens (including phenoxy) is 4. The number of hydrogen-bond acceptors (Lipinski definition) is 20. The molecule has 0 aliphatic carbocycles.